The summed E-state index contributed by atoms with van der Waals surface area (Å²) in [5, 5.41) is 5.69. The lowest BCUT2D eigenvalue weighted by Gasteiger charge is -2.32. The van der Waals surface area contributed by atoms with Gasteiger partial charge in [-0.1, -0.05) is 17.7 Å². The summed E-state index contributed by atoms with van der Waals surface area (Å²) in [6, 6.07) is 10.9. The van der Waals surface area contributed by atoms with E-state index >= 15 is 0 Å². The van der Waals surface area contributed by atoms with Gasteiger partial charge in [0.1, 0.15) is 0 Å². The first kappa shape index (κ1) is 18.0. The summed E-state index contributed by atoms with van der Waals surface area (Å²) in [6.45, 7) is 3.14. The molecule has 1 fully saturated rings. The monoisotopic (exact) mass is 376 g/mol. The third-order valence-corrected chi connectivity index (χ3v) is 5.81. The van der Waals surface area contributed by atoms with E-state index in [9.17, 15) is 9.59 Å². The SMILES string of the molecule is C[C@@H](NC(=O)[C@H]1CCCN(C(=O)c2ccc(Cl)cc2)C1)c1cccs1. The fourth-order valence-corrected chi connectivity index (χ4v) is 3.95. The van der Waals surface area contributed by atoms with Crippen LogP contribution < -0.4 is 5.32 Å². The summed E-state index contributed by atoms with van der Waals surface area (Å²) in [5.74, 6) is -0.178. The zero-order valence-electron chi connectivity index (χ0n) is 14.1. The maximum absolute atomic E-state index is 12.6. The summed E-state index contributed by atoms with van der Waals surface area (Å²) in [6.07, 6.45) is 1.65. The van der Waals surface area contributed by atoms with Gasteiger partial charge in [-0.3, -0.25) is 9.59 Å². The highest BCUT2D eigenvalue weighted by atomic mass is 35.5. The van der Waals surface area contributed by atoms with Gasteiger partial charge in [0.25, 0.3) is 5.91 Å². The molecule has 0 aliphatic carbocycles. The fourth-order valence-electron chi connectivity index (χ4n) is 3.09. The van der Waals surface area contributed by atoms with Crippen LogP contribution in [-0.2, 0) is 4.79 Å². The molecule has 1 saturated heterocycles. The topological polar surface area (TPSA) is 49.4 Å². The molecule has 0 bridgehead atoms. The molecular weight excluding hydrogens is 356 g/mol. The van der Waals surface area contributed by atoms with Crippen LogP contribution >= 0.6 is 22.9 Å². The Hall–Kier alpha value is -1.85. The van der Waals surface area contributed by atoms with E-state index in [0.717, 1.165) is 17.7 Å². The number of amides is 2. The van der Waals surface area contributed by atoms with E-state index in [4.69, 9.17) is 11.6 Å². The van der Waals surface area contributed by atoms with Crippen LogP contribution in [0.5, 0.6) is 0 Å². The van der Waals surface area contributed by atoms with Crippen LogP contribution in [0.1, 0.15) is 41.0 Å². The largest absolute Gasteiger partial charge is 0.348 e. The zero-order valence-corrected chi connectivity index (χ0v) is 15.6. The first-order chi connectivity index (χ1) is 12.0. The van der Waals surface area contributed by atoms with Crippen molar-refractivity contribution in [3.63, 3.8) is 0 Å². The molecule has 2 heterocycles. The lowest BCUT2D eigenvalue weighted by molar-refractivity contribution is -0.127. The Morgan fingerprint density at radius 1 is 1.28 bits per heavy atom. The number of carbonyl (C=O) groups is 2. The lowest BCUT2D eigenvalue weighted by atomic mass is 9.96. The third-order valence-electron chi connectivity index (χ3n) is 4.50. The van der Waals surface area contributed by atoms with E-state index in [0.29, 0.717) is 23.7 Å². The van der Waals surface area contributed by atoms with Crippen molar-refractivity contribution < 1.29 is 9.59 Å². The van der Waals surface area contributed by atoms with Gasteiger partial charge in [0, 0.05) is 28.6 Å². The second-order valence-electron chi connectivity index (χ2n) is 6.34. The van der Waals surface area contributed by atoms with Gasteiger partial charge in [-0.2, -0.15) is 0 Å². The molecule has 4 nitrogen and oxygen atoms in total. The molecule has 0 radical (unpaired) electrons. The van der Waals surface area contributed by atoms with Crippen LogP contribution in [0.15, 0.2) is 41.8 Å². The van der Waals surface area contributed by atoms with Gasteiger partial charge in [0.2, 0.25) is 5.91 Å². The Labute approximate surface area is 156 Å². The van der Waals surface area contributed by atoms with Crippen molar-refractivity contribution in [1.29, 1.82) is 0 Å². The van der Waals surface area contributed by atoms with Crippen LogP contribution in [0.25, 0.3) is 0 Å². The first-order valence-electron chi connectivity index (χ1n) is 8.43. The zero-order chi connectivity index (χ0) is 17.8. The molecule has 1 aliphatic heterocycles. The molecule has 0 unspecified atom stereocenters. The number of nitrogens with zero attached hydrogens (tertiary/aromatic N) is 1. The van der Waals surface area contributed by atoms with Crippen molar-refractivity contribution in [1.82, 2.24) is 10.2 Å². The highest BCUT2D eigenvalue weighted by Crippen LogP contribution is 2.22. The third kappa shape index (κ3) is 4.41. The molecule has 1 aromatic carbocycles. The molecule has 0 saturated carbocycles. The molecule has 0 spiro atoms. The van der Waals surface area contributed by atoms with E-state index < -0.39 is 0 Å². The summed E-state index contributed by atoms with van der Waals surface area (Å²) in [7, 11) is 0. The highest BCUT2D eigenvalue weighted by Gasteiger charge is 2.29. The Kier molecular flexibility index (Phi) is 5.76. The van der Waals surface area contributed by atoms with Gasteiger partial charge in [-0.15, -0.1) is 11.3 Å². The second-order valence-corrected chi connectivity index (χ2v) is 7.76. The lowest BCUT2D eigenvalue weighted by Crippen LogP contribution is -2.45. The van der Waals surface area contributed by atoms with Gasteiger partial charge in [0.15, 0.2) is 0 Å². The molecule has 25 heavy (non-hydrogen) atoms. The maximum atomic E-state index is 12.6. The molecule has 1 N–H and O–H groups in total. The van der Waals surface area contributed by atoms with Crippen LogP contribution in [-0.4, -0.2) is 29.8 Å². The number of hydrogen-bond acceptors (Lipinski definition) is 3. The molecule has 1 aliphatic rings. The Morgan fingerprint density at radius 2 is 2.04 bits per heavy atom. The number of piperidine rings is 1. The number of nitrogens with one attached hydrogen (secondary N) is 1. The van der Waals surface area contributed by atoms with E-state index in [1.807, 2.05) is 24.4 Å². The number of rotatable bonds is 4. The number of thiophene rings is 1. The summed E-state index contributed by atoms with van der Waals surface area (Å²) >= 11 is 7.51. The summed E-state index contributed by atoms with van der Waals surface area (Å²) in [4.78, 5) is 28.1. The molecule has 3 rings (SSSR count). The maximum Gasteiger partial charge on any atom is 0.253 e. The molecule has 2 aromatic rings. The molecule has 132 valence electrons. The predicted octanol–water partition coefficient (Wildman–Crippen LogP) is 4.13. The Balaban J connectivity index is 1.61. The van der Waals surface area contributed by atoms with Crippen LogP contribution in [0, 0.1) is 5.92 Å². The average Bonchev–Trinajstić information content (AvgIpc) is 3.16. The molecule has 1 aromatic heterocycles. The van der Waals surface area contributed by atoms with Crippen LogP contribution in [0.3, 0.4) is 0 Å². The first-order valence-corrected chi connectivity index (χ1v) is 9.69. The van der Waals surface area contributed by atoms with Crippen molar-refractivity contribution in [3.8, 4) is 0 Å². The van der Waals surface area contributed by atoms with E-state index in [1.165, 1.54) is 0 Å². The van der Waals surface area contributed by atoms with Crippen molar-refractivity contribution >= 4 is 34.8 Å². The summed E-state index contributed by atoms with van der Waals surface area (Å²) in [5.41, 5.74) is 0.609. The number of hydrogen-bond donors (Lipinski definition) is 1. The number of carbonyl (C=O) groups excluding carboxylic acids is 2. The normalized spacial score (nSPS) is 18.6. The van der Waals surface area contributed by atoms with Crippen LogP contribution in [0.4, 0.5) is 0 Å². The summed E-state index contributed by atoms with van der Waals surface area (Å²) < 4.78 is 0. The van der Waals surface area contributed by atoms with Gasteiger partial charge in [-0.25, -0.2) is 0 Å². The van der Waals surface area contributed by atoms with Crippen molar-refractivity contribution in [2.45, 2.75) is 25.8 Å². The van der Waals surface area contributed by atoms with Crippen molar-refractivity contribution in [2.75, 3.05) is 13.1 Å². The fraction of sp³-hybridized carbons (Fsp3) is 0.368. The van der Waals surface area contributed by atoms with Gasteiger partial charge in [-0.05, 0) is 55.5 Å². The quantitative estimate of drug-likeness (QED) is 0.872. The van der Waals surface area contributed by atoms with Crippen molar-refractivity contribution in [3.05, 3.63) is 57.2 Å². The van der Waals surface area contributed by atoms with E-state index in [1.54, 1.807) is 40.5 Å². The number of benzene rings is 1. The number of halogens is 1. The van der Waals surface area contributed by atoms with Crippen LogP contribution in [0.2, 0.25) is 5.02 Å². The Bertz CT molecular complexity index is 730. The Morgan fingerprint density at radius 3 is 2.72 bits per heavy atom. The molecular formula is C19H21ClN2O2S. The predicted molar refractivity (Wildman–Crippen MR) is 101 cm³/mol. The second kappa shape index (κ2) is 8.02. The minimum Gasteiger partial charge on any atom is -0.348 e. The van der Waals surface area contributed by atoms with E-state index in [-0.39, 0.29) is 23.8 Å². The smallest absolute Gasteiger partial charge is 0.253 e. The number of likely N-dealkylation sites (tertiary alicyclic amines) is 1. The van der Waals surface area contributed by atoms with Gasteiger partial charge < -0.3 is 10.2 Å². The van der Waals surface area contributed by atoms with E-state index in [2.05, 4.69) is 5.32 Å². The van der Waals surface area contributed by atoms with Crippen molar-refractivity contribution in [2.24, 2.45) is 5.92 Å². The molecule has 2 atom stereocenters. The minimum atomic E-state index is -0.160. The minimum absolute atomic E-state index is 0.00477. The standard InChI is InChI=1S/C19H21ClN2O2S/c1-13(17-5-3-11-25-17)21-18(23)15-4-2-10-22(12-15)19(24)14-6-8-16(20)9-7-14/h3,5-9,11,13,15H,2,4,10,12H2,1H3,(H,21,23)/t13-,15+/m1/s1. The van der Waals surface area contributed by atoms with Gasteiger partial charge in [0.05, 0.1) is 12.0 Å². The average molecular weight is 377 g/mol. The molecule has 6 heteroatoms. The highest BCUT2D eigenvalue weighted by molar-refractivity contribution is 7.10. The van der Waals surface area contributed by atoms with Gasteiger partial charge >= 0.3 is 0 Å². The molecule has 2 amide bonds.